The highest BCUT2D eigenvalue weighted by atomic mass is 35.5. The van der Waals surface area contributed by atoms with Crippen molar-refractivity contribution in [1.29, 1.82) is 0 Å². The van der Waals surface area contributed by atoms with Crippen molar-refractivity contribution in [1.82, 2.24) is 20.1 Å². The van der Waals surface area contributed by atoms with Gasteiger partial charge in [-0.3, -0.25) is 9.48 Å². The van der Waals surface area contributed by atoms with Crippen LogP contribution in [0.15, 0.2) is 30.3 Å². The van der Waals surface area contributed by atoms with Gasteiger partial charge in [0.2, 0.25) is 0 Å². The molecule has 24 heavy (non-hydrogen) atoms. The number of benzene rings is 1. The lowest BCUT2D eigenvalue weighted by Crippen LogP contribution is -2.27. The monoisotopic (exact) mass is 342 g/mol. The lowest BCUT2D eigenvalue weighted by molar-refractivity contribution is 0.0941. The molecule has 0 aliphatic rings. The molecule has 0 saturated carbocycles. The summed E-state index contributed by atoms with van der Waals surface area (Å²) in [5.41, 5.74) is 3.90. The molecule has 5 nitrogen and oxygen atoms in total. The number of pyridine rings is 1. The molecule has 3 aromatic rings. The number of hydrogen-bond donors (Lipinski definition) is 1. The molecule has 0 bridgehead atoms. The summed E-state index contributed by atoms with van der Waals surface area (Å²) in [5, 5.41) is 8.89. The van der Waals surface area contributed by atoms with Crippen LogP contribution in [0.1, 0.15) is 40.3 Å². The molecule has 3 rings (SSSR count). The Kier molecular flexibility index (Phi) is 4.28. The summed E-state index contributed by atoms with van der Waals surface area (Å²) >= 11 is 5.92. The fraction of sp³-hybridized carbons (Fsp3) is 0.278. The van der Waals surface area contributed by atoms with E-state index >= 15 is 0 Å². The van der Waals surface area contributed by atoms with Crippen LogP contribution in [0.2, 0.25) is 5.02 Å². The molecule has 0 spiro atoms. The number of aryl methyl sites for hydroxylation is 3. The third-order valence-electron chi connectivity index (χ3n) is 4.06. The van der Waals surface area contributed by atoms with Gasteiger partial charge in [0.15, 0.2) is 5.65 Å². The van der Waals surface area contributed by atoms with E-state index in [1.807, 2.05) is 52.1 Å². The van der Waals surface area contributed by atoms with E-state index < -0.39 is 0 Å². The Labute approximate surface area is 145 Å². The van der Waals surface area contributed by atoms with E-state index in [9.17, 15) is 4.79 Å². The molecule has 124 valence electrons. The number of nitrogens with zero attached hydrogens (tertiary/aromatic N) is 3. The molecule has 0 saturated heterocycles. The summed E-state index contributed by atoms with van der Waals surface area (Å²) in [7, 11) is 1.83. The quantitative estimate of drug-likeness (QED) is 0.789. The van der Waals surface area contributed by atoms with E-state index in [4.69, 9.17) is 11.6 Å². The Hall–Kier alpha value is -2.40. The fourth-order valence-corrected chi connectivity index (χ4v) is 2.98. The molecule has 1 unspecified atom stereocenters. The van der Waals surface area contributed by atoms with Crippen LogP contribution < -0.4 is 5.32 Å². The van der Waals surface area contributed by atoms with E-state index in [2.05, 4.69) is 15.4 Å². The van der Waals surface area contributed by atoms with Crippen LogP contribution in [0.5, 0.6) is 0 Å². The topological polar surface area (TPSA) is 59.8 Å². The Morgan fingerprint density at radius 3 is 2.58 bits per heavy atom. The lowest BCUT2D eigenvalue weighted by Gasteiger charge is -2.15. The van der Waals surface area contributed by atoms with Crippen molar-refractivity contribution in [2.45, 2.75) is 26.8 Å². The van der Waals surface area contributed by atoms with Gasteiger partial charge in [0, 0.05) is 17.8 Å². The molecule has 1 atom stereocenters. The molecule has 1 N–H and O–H groups in total. The van der Waals surface area contributed by atoms with Crippen molar-refractivity contribution in [2.24, 2.45) is 7.05 Å². The van der Waals surface area contributed by atoms with E-state index in [0.29, 0.717) is 10.6 Å². The van der Waals surface area contributed by atoms with Crippen LogP contribution in [0.25, 0.3) is 11.0 Å². The van der Waals surface area contributed by atoms with Gasteiger partial charge in [-0.25, -0.2) is 4.98 Å². The molecular weight excluding hydrogens is 324 g/mol. The second kappa shape index (κ2) is 6.24. The van der Waals surface area contributed by atoms with Crippen LogP contribution in [-0.2, 0) is 7.05 Å². The average Bonchev–Trinajstić information content (AvgIpc) is 2.81. The van der Waals surface area contributed by atoms with Crippen molar-refractivity contribution in [2.75, 3.05) is 0 Å². The number of hydrogen-bond acceptors (Lipinski definition) is 3. The summed E-state index contributed by atoms with van der Waals surface area (Å²) in [6, 6.07) is 9.14. The van der Waals surface area contributed by atoms with Gasteiger partial charge in [-0.2, -0.15) is 5.10 Å². The minimum Gasteiger partial charge on any atom is -0.345 e. The number of fused-ring (bicyclic) bond motifs is 1. The van der Waals surface area contributed by atoms with E-state index in [0.717, 1.165) is 28.0 Å². The molecule has 0 radical (unpaired) electrons. The van der Waals surface area contributed by atoms with E-state index in [-0.39, 0.29) is 11.9 Å². The van der Waals surface area contributed by atoms with Crippen LogP contribution in [-0.4, -0.2) is 20.7 Å². The van der Waals surface area contributed by atoms with Gasteiger partial charge in [-0.1, -0.05) is 23.7 Å². The Morgan fingerprint density at radius 1 is 1.25 bits per heavy atom. The summed E-state index contributed by atoms with van der Waals surface area (Å²) in [4.78, 5) is 17.3. The second-order valence-electron chi connectivity index (χ2n) is 5.97. The summed E-state index contributed by atoms with van der Waals surface area (Å²) in [6.45, 7) is 5.71. The maximum Gasteiger partial charge on any atom is 0.252 e. The van der Waals surface area contributed by atoms with Crippen LogP contribution in [0, 0.1) is 13.8 Å². The average molecular weight is 343 g/mol. The predicted octanol–water partition coefficient (Wildman–Crippen LogP) is 3.73. The van der Waals surface area contributed by atoms with Gasteiger partial charge in [-0.15, -0.1) is 0 Å². The van der Waals surface area contributed by atoms with Gasteiger partial charge in [0.05, 0.1) is 22.7 Å². The number of carbonyl (C=O) groups is 1. The fourth-order valence-electron chi connectivity index (χ4n) is 2.86. The Bertz CT molecular complexity index is 915. The highest BCUT2D eigenvalue weighted by molar-refractivity contribution is 6.30. The van der Waals surface area contributed by atoms with Crippen molar-refractivity contribution in [3.63, 3.8) is 0 Å². The first kappa shape index (κ1) is 16.5. The largest absolute Gasteiger partial charge is 0.345 e. The lowest BCUT2D eigenvalue weighted by atomic mass is 10.1. The first-order chi connectivity index (χ1) is 11.4. The van der Waals surface area contributed by atoms with E-state index in [1.165, 1.54) is 0 Å². The Balaban J connectivity index is 1.95. The molecule has 2 aromatic heterocycles. The van der Waals surface area contributed by atoms with Gasteiger partial charge in [-0.05, 0) is 44.5 Å². The van der Waals surface area contributed by atoms with Crippen LogP contribution in [0.3, 0.4) is 0 Å². The predicted molar refractivity (Wildman–Crippen MR) is 95.3 cm³/mol. The number of nitrogens with one attached hydrogen (secondary N) is 1. The molecule has 6 heteroatoms. The summed E-state index contributed by atoms with van der Waals surface area (Å²) in [6.07, 6.45) is 0. The normalized spacial score (nSPS) is 12.4. The summed E-state index contributed by atoms with van der Waals surface area (Å²) in [5.74, 6) is -0.135. The molecular formula is C18H19ClN4O. The highest BCUT2D eigenvalue weighted by Crippen LogP contribution is 2.23. The number of carbonyl (C=O) groups excluding carboxylic acids is 1. The first-order valence-corrected chi connectivity index (χ1v) is 8.12. The smallest absolute Gasteiger partial charge is 0.252 e. The Morgan fingerprint density at radius 2 is 1.92 bits per heavy atom. The zero-order chi connectivity index (χ0) is 17.4. The SMILES string of the molecule is Cc1cc(C(=O)NC(C)c2ccc(Cl)cc2)c2c(C)nn(C)c2n1. The number of amides is 1. The van der Waals surface area contributed by atoms with Crippen molar-refractivity contribution < 1.29 is 4.79 Å². The minimum absolute atomic E-state index is 0.129. The molecule has 0 fully saturated rings. The molecule has 0 aliphatic carbocycles. The molecule has 2 heterocycles. The van der Waals surface area contributed by atoms with Gasteiger partial charge < -0.3 is 5.32 Å². The molecule has 1 aromatic carbocycles. The summed E-state index contributed by atoms with van der Waals surface area (Å²) < 4.78 is 1.71. The third kappa shape index (κ3) is 2.99. The zero-order valence-electron chi connectivity index (χ0n) is 14.1. The van der Waals surface area contributed by atoms with Crippen molar-refractivity contribution in [3.05, 3.63) is 57.9 Å². The number of rotatable bonds is 3. The standard InChI is InChI=1S/C18H19ClN4O/c1-10-9-15(16-12(3)22-23(4)17(16)20-10)18(24)21-11(2)13-5-7-14(19)8-6-13/h5-9,11H,1-4H3,(H,21,24). The zero-order valence-corrected chi connectivity index (χ0v) is 14.8. The molecule has 0 aliphatic heterocycles. The van der Waals surface area contributed by atoms with Crippen LogP contribution in [0.4, 0.5) is 0 Å². The third-order valence-corrected chi connectivity index (χ3v) is 4.31. The maximum atomic E-state index is 12.8. The molecule has 1 amide bonds. The van der Waals surface area contributed by atoms with Crippen molar-refractivity contribution >= 4 is 28.5 Å². The van der Waals surface area contributed by atoms with Gasteiger partial charge in [0.1, 0.15) is 0 Å². The van der Waals surface area contributed by atoms with Gasteiger partial charge >= 0.3 is 0 Å². The second-order valence-corrected chi connectivity index (χ2v) is 6.40. The van der Waals surface area contributed by atoms with E-state index in [1.54, 1.807) is 10.7 Å². The minimum atomic E-state index is -0.135. The maximum absolute atomic E-state index is 12.8. The van der Waals surface area contributed by atoms with Crippen molar-refractivity contribution in [3.8, 4) is 0 Å². The first-order valence-electron chi connectivity index (χ1n) is 7.74. The number of halogens is 1. The van der Waals surface area contributed by atoms with Crippen LogP contribution >= 0.6 is 11.6 Å². The highest BCUT2D eigenvalue weighted by Gasteiger charge is 2.19. The number of aromatic nitrogens is 3. The van der Waals surface area contributed by atoms with Gasteiger partial charge in [0.25, 0.3) is 5.91 Å².